The van der Waals surface area contributed by atoms with Gasteiger partial charge < -0.3 is 11.1 Å². The van der Waals surface area contributed by atoms with Gasteiger partial charge in [0.1, 0.15) is 0 Å². The van der Waals surface area contributed by atoms with Crippen LogP contribution in [0.5, 0.6) is 0 Å². The van der Waals surface area contributed by atoms with Crippen LogP contribution in [0.25, 0.3) is 0 Å². The van der Waals surface area contributed by atoms with E-state index in [9.17, 15) is 4.79 Å². The molecule has 1 unspecified atom stereocenters. The fourth-order valence-corrected chi connectivity index (χ4v) is 3.31. The Balaban J connectivity index is 2.10. The zero-order valence-electron chi connectivity index (χ0n) is 12.7. The van der Waals surface area contributed by atoms with Crippen LogP contribution >= 0.6 is 11.6 Å². The summed E-state index contributed by atoms with van der Waals surface area (Å²) in [4.78, 5) is 12.7. The molecular formula is C17H25ClN2O. The van der Waals surface area contributed by atoms with Crippen molar-refractivity contribution in [3.8, 4) is 0 Å². The van der Waals surface area contributed by atoms with Crippen molar-refractivity contribution in [3.63, 3.8) is 0 Å². The van der Waals surface area contributed by atoms with Crippen molar-refractivity contribution in [2.75, 3.05) is 6.54 Å². The summed E-state index contributed by atoms with van der Waals surface area (Å²) in [5.41, 5.74) is 6.67. The maximum absolute atomic E-state index is 12.7. The van der Waals surface area contributed by atoms with Gasteiger partial charge in [-0.2, -0.15) is 0 Å². The van der Waals surface area contributed by atoms with E-state index in [-0.39, 0.29) is 17.4 Å². The van der Waals surface area contributed by atoms with Crippen LogP contribution in [0.15, 0.2) is 24.3 Å². The smallest absolute Gasteiger partial charge is 0.227 e. The molecule has 1 aliphatic rings. The second-order valence-corrected chi connectivity index (χ2v) is 6.47. The molecule has 0 bridgehead atoms. The Morgan fingerprint density at radius 2 is 1.90 bits per heavy atom. The molecule has 0 spiro atoms. The fourth-order valence-electron chi connectivity index (χ4n) is 3.18. The van der Waals surface area contributed by atoms with Crippen molar-refractivity contribution in [3.05, 3.63) is 34.9 Å². The first-order chi connectivity index (χ1) is 10.1. The quantitative estimate of drug-likeness (QED) is 0.869. The van der Waals surface area contributed by atoms with Gasteiger partial charge in [0.15, 0.2) is 0 Å². The number of amides is 1. The highest BCUT2D eigenvalue weighted by molar-refractivity contribution is 6.30. The number of benzene rings is 1. The molecule has 1 fully saturated rings. The monoisotopic (exact) mass is 308 g/mol. The molecule has 1 atom stereocenters. The minimum Gasteiger partial charge on any atom is -0.349 e. The van der Waals surface area contributed by atoms with Crippen LogP contribution in [-0.4, -0.2) is 12.5 Å². The van der Waals surface area contributed by atoms with E-state index in [0.717, 1.165) is 37.7 Å². The molecule has 0 heterocycles. The molecule has 3 N–H and O–H groups in total. The summed E-state index contributed by atoms with van der Waals surface area (Å²) in [5, 5.41) is 3.92. The first-order valence-electron chi connectivity index (χ1n) is 7.88. The van der Waals surface area contributed by atoms with E-state index in [1.165, 1.54) is 6.42 Å². The number of rotatable bonds is 5. The number of halogens is 1. The number of carbonyl (C=O) groups excluding carboxylic acids is 1. The van der Waals surface area contributed by atoms with Gasteiger partial charge in [-0.15, -0.1) is 0 Å². The summed E-state index contributed by atoms with van der Waals surface area (Å²) in [5.74, 6) is 0.117. The fraction of sp³-hybridized carbons (Fsp3) is 0.588. The third-order valence-corrected chi connectivity index (χ3v) is 4.92. The molecule has 1 aromatic rings. The number of nitrogens with one attached hydrogen (secondary N) is 1. The molecule has 0 aliphatic heterocycles. The standard InChI is InChI=1S/C17H25ClN2O/c1-2-15(13-6-8-14(18)9-7-13)20-16(21)17(12-19)10-4-3-5-11-17/h6-9,15H,2-5,10-12,19H2,1H3,(H,20,21). The van der Waals surface area contributed by atoms with Crippen molar-refractivity contribution in [2.24, 2.45) is 11.1 Å². The predicted octanol–water partition coefficient (Wildman–Crippen LogP) is 3.82. The summed E-state index contributed by atoms with van der Waals surface area (Å²) >= 11 is 5.93. The molecule has 1 saturated carbocycles. The number of hydrogen-bond acceptors (Lipinski definition) is 2. The molecular weight excluding hydrogens is 284 g/mol. The van der Waals surface area contributed by atoms with Crippen LogP contribution < -0.4 is 11.1 Å². The molecule has 21 heavy (non-hydrogen) atoms. The molecule has 1 amide bonds. The minimum atomic E-state index is -0.363. The number of hydrogen-bond donors (Lipinski definition) is 2. The highest BCUT2D eigenvalue weighted by atomic mass is 35.5. The second-order valence-electron chi connectivity index (χ2n) is 6.03. The summed E-state index contributed by atoms with van der Waals surface area (Å²) in [6, 6.07) is 7.72. The molecule has 2 rings (SSSR count). The van der Waals surface area contributed by atoms with Gasteiger partial charge in [0, 0.05) is 11.6 Å². The molecule has 4 heteroatoms. The van der Waals surface area contributed by atoms with E-state index < -0.39 is 0 Å². The molecule has 0 saturated heterocycles. The summed E-state index contributed by atoms with van der Waals surface area (Å²) in [6.07, 6.45) is 6.08. The molecule has 1 aliphatic carbocycles. The third kappa shape index (κ3) is 3.78. The van der Waals surface area contributed by atoms with Gasteiger partial charge in [-0.25, -0.2) is 0 Å². The average molecular weight is 309 g/mol. The van der Waals surface area contributed by atoms with Crippen LogP contribution in [0.4, 0.5) is 0 Å². The van der Waals surface area contributed by atoms with Gasteiger partial charge in [0.05, 0.1) is 11.5 Å². The lowest BCUT2D eigenvalue weighted by Gasteiger charge is -2.36. The van der Waals surface area contributed by atoms with Crippen LogP contribution in [0.3, 0.4) is 0 Å². The lowest BCUT2D eigenvalue weighted by molar-refractivity contribution is -0.133. The van der Waals surface area contributed by atoms with Gasteiger partial charge in [0.2, 0.25) is 5.91 Å². The van der Waals surface area contributed by atoms with E-state index in [1.54, 1.807) is 0 Å². The van der Waals surface area contributed by atoms with Crippen LogP contribution in [-0.2, 0) is 4.79 Å². The van der Waals surface area contributed by atoms with E-state index >= 15 is 0 Å². The zero-order chi connectivity index (χ0) is 15.3. The zero-order valence-corrected chi connectivity index (χ0v) is 13.5. The van der Waals surface area contributed by atoms with Crippen LogP contribution in [0.1, 0.15) is 57.1 Å². The summed E-state index contributed by atoms with van der Waals surface area (Å²) < 4.78 is 0. The maximum Gasteiger partial charge on any atom is 0.227 e. The Kier molecular flexibility index (Phi) is 5.65. The van der Waals surface area contributed by atoms with E-state index in [0.29, 0.717) is 11.6 Å². The van der Waals surface area contributed by atoms with Crippen LogP contribution in [0, 0.1) is 5.41 Å². The normalized spacial score (nSPS) is 19.0. The molecule has 0 radical (unpaired) electrons. The van der Waals surface area contributed by atoms with Crippen molar-refractivity contribution in [1.82, 2.24) is 5.32 Å². The van der Waals surface area contributed by atoms with Crippen molar-refractivity contribution in [1.29, 1.82) is 0 Å². The summed E-state index contributed by atoms with van der Waals surface area (Å²) in [7, 11) is 0. The Hall–Kier alpha value is -1.06. The van der Waals surface area contributed by atoms with Gasteiger partial charge in [-0.05, 0) is 37.0 Å². The molecule has 116 valence electrons. The first-order valence-corrected chi connectivity index (χ1v) is 8.25. The highest BCUT2D eigenvalue weighted by Gasteiger charge is 2.38. The Morgan fingerprint density at radius 1 is 1.29 bits per heavy atom. The van der Waals surface area contributed by atoms with Crippen molar-refractivity contribution in [2.45, 2.75) is 51.5 Å². The van der Waals surface area contributed by atoms with Crippen molar-refractivity contribution < 1.29 is 4.79 Å². The number of carbonyl (C=O) groups is 1. The topological polar surface area (TPSA) is 55.1 Å². The van der Waals surface area contributed by atoms with Crippen molar-refractivity contribution >= 4 is 17.5 Å². The van der Waals surface area contributed by atoms with Gasteiger partial charge in [-0.3, -0.25) is 4.79 Å². The lowest BCUT2D eigenvalue weighted by atomic mass is 9.73. The van der Waals surface area contributed by atoms with Gasteiger partial charge >= 0.3 is 0 Å². The SMILES string of the molecule is CCC(NC(=O)C1(CN)CCCCC1)c1ccc(Cl)cc1. The van der Waals surface area contributed by atoms with Crippen LogP contribution in [0.2, 0.25) is 5.02 Å². The third-order valence-electron chi connectivity index (χ3n) is 4.67. The lowest BCUT2D eigenvalue weighted by Crippen LogP contribution is -2.48. The second kappa shape index (κ2) is 7.28. The molecule has 0 aromatic heterocycles. The Labute approximate surface area is 132 Å². The summed E-state index contributed by atoms with van der Waals surface area (Å²) in [6.45, 7) is 2.52. The first kappa shape index (κ1) is 16.3. The largest absolute Gasteiger partial charge is 0.349 e. The highest BCUT2D eigenvalue weighted by Crippen LogP contribution is 2.36. The maximum atomic E-state index is 12.7. The van der Waals surface area contributed by atoms with Gasteiger partial charge in [-0.1, -0.05) is 49.9 Å². The van der Waals surface area contributed by atoms with E-state index in [1.807, 2.05) is 24.3 Å². The van der Waals surface area contributed by atoms with E-state index in [2.05, 4.69) is 12.2 Å². The molecule has 1 aromatic carbocycles. The average Bonchev–Trinajstić information content (AvgIpc) is 2.54. The van der Waals surface area contributed by atoms with Gasteiger partial charge in [0.25, 0.3) is 0 Å². The number of nitrogens with two attached hydrogens (primary N) is 1. The minimum absolute atomic E-state index is 0.0279. The predicted molar refractivity (Wildman–Crippen MR) is 87.2 cm³/mol. The van der Waals surface area contributed by atoms with E-state index in [4.69, 9.17) is 17.3 Å². The molecule has 3 nitrogen and oxygen atoms in total. The Morgan fingerprint density at radius 3 is 2.43 bits per heavy atom. The Bertz CT molecular complexity index is 466.